The van der Waals surface area contributed by atoms with Crippen LogP contribution in [0.2, 0.25) is 0 Å². The molecular weight excluding hydrogens is 611 g/mol. The first kappa shape index (κ1) is 34.3. The fourth-order valence-corrected chi connectivity index (χ4v) is 10.2. The summed E-state index contributed by atoms with van der Waals surface area (Å²) in [5.41, 5.74) is 1.94. The highest BCUT2D eigenvalue weighted by Crippen LogP contribution is 2.69. The van der Waals surface area contributed by atoms with Gasteiger partial charge in [0.05, 0.1) is 25.0 Å². The molecule has 0 bridgehead atoms. The van der Waals surface area contributed by atoms with Crippen LogP contribution in [0.3, 0.4) is 0 Å². The fourth-order valence-electron chi connectivity index (χ4n) is 4.73. The maximum absolute atomic E-state index is 14.2. The summed E-state index contributed by atoms with van der Waals surface area (Å²) in [5, 5.41) is 0. The monoisotopic (exact) mass is 654 g/mol. The van der Waals surface area contributed by atoms with E-state index in [4.69, 9.17) is 22.6 Å². The SMILES string of the molecule is CCOC(C)Oc1ccc(S([OH+]S(=O)(=O)c2ccc(C)cc2)(c2ccc(OC(C)OCC)cc2)c2ccc(N(C)C)cc2)cc1. The molecule has 0 aliphatic heterocycles. The van der Waals surface area contributed by atoms with E-state index in [1.54, 1.807) is 24.3 Å². The third-order valence-corrected chi connectivity index (χ3v) is 12.4. The number of nitrogens with zero attached hydrogens (tertiary/aromatic N) is 1. The molecule has 0 aliphatic rings. The fraction of sp³-hybridized carbons (Fsp3) is 0.314. The van der Waals surface area contributed by atoms with Crippen molar-refractivity contribution in [2.24, 2.45) is 0 Å². The van der Waals surface area contributed by atoms with Gasteiger partial charge < -0.3 is 23.8 Å². The molecule has 242 valence electrons. The molecule has 0 aliphatic carbocycles. The molecule has 0 spiro atoms. The zero-order valence-corrected chi connectivity index (χ0v) is 28.6. The summed E-state index contributed by atoms with van der Waals surface area (Å²) in [6.45, 7) is 10.4. The van der Waals surface area contributed by atoms with Crippen molar-refractivity contribution in [2.75, 3.05) is 32.2 Å². The molecule has 1 N–H and O–H groups in total. The van der Waals surface area contributed by atoms with E-state index in [0.29, 0.717) is 24.7 Å². The average Bonchev–Trinajstić information content (AvgIpc) is 3.01. The standard InChI is InChI=1S/C35H43NO7S2/c1-8-39-27(4)41-30-14-22-33(23-15-30)44(32-20-12-29(13-21-32)36(6)7,43-45(37,38)35-18-10-26(3)11-19-35)34-24-16-31(17-25-34)42-28(5)40-9-2/h10-25,27-28H,8-9H2,1-7H3/p+1. The molecule has 0 fully saturated rings. The van der Waals surface area contributed by atoms with Crippen molar-refractivity contribution in [2.45, 2.75) is 66.8 Å². The minimum absolute atomic E-state index is 0.130. The first-order chi connectivity index (χ1) is 21.5. The van der Waals surface area contributed by atoms with Gasteiger partial charge in [0.25, 0.3) is 0 Å². The van der Waals surface area contributed by atoms with Crippen molar-refractivity contribution < 1.29 is 31.0 Å². The molecule has 2 atom stereocenters. The number of hydrogen-bond donors (Lipinski definition) is 0. The largest absolute Gasteiger partial charge is 0.465 e. The summed E-state index contributed by atoms with van der Waals surface area (Å²) in [5.74, 6) is 1.21. The molecule has 4 aromatic carbocycles. The molecule has 45 heavy (non-hydrogen) atoms. The lowest BCUT2D eigenvalue weighted by molar-refractivity contribution is -0.0616. The number of hydrogen-bond acceptors (Lipinski definition) is 7. The lowest BCUT2D eigenvalue weighted by Crippen LogP contribution is -2.19. The van der Waals surface area contributed by atoms with Crippen LogP contribution in [0.25, 0.3) is 0 Å². The highest BCUT2D eigenvalue weighted by Gasteiger charge is 2.43. The van der Waals surface area contributed by atoms with Crippen molar-refractivity contribution in [3.8, 4) is 11.5 Å². The first-order valence-electron chi connectivity index (χ1n) is 14.9. The first-order valence-corrected chi connectivity index (χ1v) is 17.9. The Labute approximate surface area is 269 Å². The van der Waals surface area contributed by atoms with Gasteiger partial charge in [-0.1, -0.05) is 17.7 Å². The van der Waals surface area contributed by atoms with Crippen LogP contribution in [0, 0.1) is 6.92 Å². The van der Waals surface area contributed by atoms with Gasteiger partial charge >= 0.3 is 10.1 Å². The quantitative estimate of drug-likeness (QED) is 0.0725. The number of aryl methyl sites for hydroxylation is 1. The van der Waals surface area contributed by atoms with Crippen LogP contribution >= 0.6 is 10.3 Å². The van der Waals surface area contributed by atoms with Gasteiger partial charge in [0.15, 0.2) is 12.6 Å². The summed E-state index contributed by atoms with van der Waals surface area (Å²) in [6.07, 6.45) is -0.871. The van der Waals surface area contributed by atoms with Gasteiger partial charge in [-0.2, -0.15) is 0 Å². The number of ether oxygens (including phenoxy) is 4. The van der Waals surface area contributed by atoms with Crippen LogP contribution < -0.4 is 14.4 Å². The molecule has 10 heteroatoms. The second-order valence-corrected chi connectivity index (χ2v) is 15.1. The predicted octanol–water partition coefficient (Wildman–Crippen LogP) is 8.26. The maximum atomic E-state index is 14.2. The molecule has 4 aromatic rings. The maximum Gasteiger partial charge on any atom is 0.422 e. The molecule has 4 rings (SSSR count). The average molecular weight is 655 g/mol. The lowest BCUT2D eigenvalue weighted by Gasteiger charge is -2.35. The second kappa shape index (κ2) is 15.2. The summed E-state index contributed by atoms with van der Waals surface area (Å²) in [6, 6.07) is 29.5. The zero-order chi connectivity index (χ0) is 32.6. The van der Waals surface area contributed by atoms with Crippen LogP contribution in [-0.2, 0) is 19.6 Å². The van der Waals surface area contributed by atoms with Gasteiger partial charge in [-0.25, -0.2) is 0 Å². The van der Waals surface area contributed by atoms with Gasteiger partial charge in [0, 0.05) is 33.0 Å². The van der Waals surface area contributed by atoms with E-state index in [2.05, 4.69) is 0 Å². The minimum Gasteiger partial charge on any atom is -0.465 e. The van der Waals surface area contributed by atoms with Crippen molar-refractivity contribution in [1.82, 2.24) is 0 Å². The Morgan fingerprint density at radius 3 is 1.38 bits per heavy atom. The number of anilines is 1. The number of benzene rings is 4. The van der Waals surface area contributed by atoms with Crippen LogP contribution in [-0.4, -0.2) is 51.9 Å². The van der Waals surface area contributed by atoms with Gasteiger partial charge in [0.1, 0.15) is 16.4 Å². The normalized spacial score (nSPS) is 15.0. The van der Waals surface area contributed by atoms with E-state index in [9.17, 15) is 8.42 Å². The third-order valence-electron chi connectivity index (χ3n) is 6.96. The van der Waals surface area contributed by atoms with Gasteiger partial charge in [0.2, 0.25) is 0 Å². The Bertz CT molecular complexity index is 1550. The van der Waals surface area contributed by atoms with Gasteiger partial charge in [-0.05, 0) is 120 Å². The third kappa shape index (κ3) is 8.39. The van der Waals surface area contributed by atoms with Gasteiger partial charge in [-0.15, -0.1) is 8.42 Å². The Balaban J connectivity index is 1.92. The van der Waals surface area contributed by atoms with E-state index in [1.807, 2.05) is 126 Å². The molecule has 0 heterocycles. The van der Waals surface area contributed by atoms with Crippen molar-refractivity contribution in [1.29, 1.82) is 0 Å². The summed E-state index contributed by atoms with van der Waals surface area (Å²) < 4.78 is 56.2. The van der Waals surface area contributed by atoms with E-state index >= 15 is 0 Å². The van der Waals surface area contributed by atoms with Crippen LogP contribution in [0.1, 0.15) is 33.3 Å². The number of rotatable bonds is 15. The smallest absolute Gasteiger partial charge is 0.422 e. The molecule has 0 radical (unpaired) electrons. The Morgan fingerprint density at radius 1 is 0.622 bits per heavy atom. The molecule has 2 unspecified atom stereocenters. The van der Waals surface area contributed by atoms with Crippen molar-refractivity contribution in [3.05, 3.63) is 103 Å². The molecule has 0 aromatic heterocycles. The Hall–Kier alpha value is -3.54. The topological polar surface area (TPSA) is 87.1 Å². The van der Waals surface area contributed by atoms with Crippen molar-refractivity contribution in [3.63, 3.8) is 0 Å². The van der Waals surface area contributed by atoms with Crippen LogP contribution in [0.4, 0.5) is 5.69 Å². The van der Waals surface area contributed by atoms with Crippen LogP contribution in [0.15, 0.2) is 117 Å². The Kier molecular flexibility index (Phi) is 11.6. The summed E-state index contributed by atoms with van der Waals surface area (Å²) >= 11 is 0. The Morgan fingerprint density at radius 2 is 1.00 bits per heavy atom. The predicted molar refractivity (Wildman–Crippen MR) is 180 cm³/mol. The van der Waals surface area contributed by atoms with E-state index in [0.717, 1.165) is 25.9 Å². The molecule has 8 nitrogen and oxygen atoms in total. The molecular formula is C35H44NO7S2+. The van der Waals surface area contributed by atoms with E-state index in [1.165, 1.54) is 0 Å². The zero-order valence-electron chi connectivity index (χ0n) is 27.0. The van der Waals surface area contributed by atoms with E-state index in [-0.39, 0.29) is 4.90 Å². The molecule has 0 amide bonds. The highest BCUT2D eigenvalue weighted by atomic mass is 32.3. The van der Waals surface area contributed by atoms with E-state index < -0.39 is 33.0 Å². The minimum atomic E-state index is -4.13. The molecule has 0 saturated heterocycles. The second-order valence-electron chi connectivity index (χ2n) is 10.6. The summed E-state index contributed by atoms with van der Waals surface area (Å²) in [4.78, 5) is 4.34. The van der Waals surface area contributed by atoms with Gasteiger partial charge in [-0.3, -0.25) is 3.63 Å². The highest BCUT2D eigenvalue weighted by molar-refractivity contribution is 8.32. The van der Waals surface area contributed by atoms with Crippen LogP contribution in [0.5, 0.6) is 11.5 Å². The summed E-state index contributed by atoms with van der Waals surface area (Å²) in [7, 11) is -2.96. The molecule has 0 saturated carbocycles. The van der Waals surface area contributed by atoms with Crippen molar-refractivity contribution >= 4 is 26.1 Å². The lowest BCUT2D eigenvalue weighted by atomic mass is 10.2.